The fourth-order valence-electron chi connectivity index (χ4n) is 2.21. The highest BCUT2D eigenvalue weighted by atomic mass is 16.5. The van der Waals surface area contributed by atoms with Gasteiger partial charge in [-0.25, -0.2) is 0 Å². The quantitative estimate of drug-likeness (QED) is 0.438. The van der Waals surface area contributed by atoms with Crippen LogP contribution in [0.15, 0.2) is 4.99 Å². The molecule has 112 valence electrons. The van der Waals surface area contributed by atoms with Crippen LogP contribution >= 0.6 is 0 Å². The largest absolute Gasteiger partial charge is 0.380 e. The SMILES string of the molecule is CCCCOCCN=C(NCC)N1CCC(C)CC1. The van der Waals surface area contributed by atoms with E-state index in [1.807, 2.05) is 0 Å². The lowest BCUT2D eigenvalue weighted by Crippen LogP contribution is -2.45. The van der Waals surface area contributed by atoms with E-state index in [1.54, 1.807) is 0 Å². The maximum atomic E-state index is 5.55. The summed E-state index contributed by atoms with van der Waals surface area (Å²) in [5.41, 5.74) is 0. The first-order valence-electron chi connectivity index (χ1n) is 7.88. The van der Waals surface area contributed by atoms with E-state index in [0.717, 1.165) is 57.7 Å². The van der Waals surface area contributed by atoms with Crippen LogP contribution < -0.4 is 5.32 Å². The Morgan fingerprint density at radius 3 is 2.63 bits per heavy atom. The van der Waals surface area contributed by atoms with Gasteiger partial charge in [0.15, 0.2) is 5.96 Å². The normalized spacial score (nSPS) is 17.8. The van der Waals surface area contributed by atoms with E-state index in [4.69, 9.17) is 4.74 Å². The molecule has 1 aliphatic heterocycles. The summed E-state index contributed by atoms with van der Waals surface area (Å²) in [6.07, 6.45) is 4.89. The third-order valence-electron chi connectivity index (χ3n) is 3.56. The van der Waals surface area contributed by atoms with Gasteiger partial charge in [-0.2, -0.15) is 0 Å². The summed E-state index contributed by atoms with van der Waals surface area (Å²) in [6, 6.07) is 0. The molecule has 0 atom stereocenters. The Bertz CT molecular complexity index is 248. The predicted octanol–water partition coefficient (Wildman–Crippen LogP) is 2.50. The van der Waals surface area contributed by atoms with Crippen molar-refractivity contribution in [3.63, 3.8) is 0 Å². The molecule has 0 aromatic rings. The van der Waals surface area contributed by atoms with Crippen LogP contribution in [0.3, 0.4) is 0 Å². The van der Waals surface area contributed by atoms with Gasteiger partial charge >= 0.3 is 0 Å². The average molecular weight is 269 g/mol. The maximum Gasteiger partial charge on any atom is 0.193 e. The van der Waals surface area contributed by atoms with Crippen molar-refractivity contribution in [1.29, 1.82) is 0 Å². The van der Waals surface area contributed by atoms with Crippen molar-refractivity contribution in [2.75, 3.05) is 39.4 Å². The van der Waals surface area contributed by atoms with Crippen LogP contribution in [0, 0.1) is 5.92 Å². The Morgan fingerprint density at radius 1 is 1.26 bits per heavy atom. The zero-order valence-corrected chi connectivity index (χ0v) is 13.0. The lowest BCUT2D eigenvalue weighted by atomic mass is 10.00. The lowest BCUT2D eigenvalue weighted by molar-refractivity contribution is 0.138. The number of piperidine rings is 1. The van der Waals surface area contributed by atoms with E-state index in [9.17, 15) is 0 Å². The Balaban J connectivity index is 2.29. The molecule has 4 nitrogen and oxygen atoms in total. The highest BCUT2D eigenvalue weighted by Crippen LogP contribution is 2.15. The average Bonchev–Trinajstić information content (AvgIpc) is 2.42. The Labute approximate surface area is 118 Å². The summed E-state index contributed by atoms with van der Waals surface area (Å²) in [4.78, 5) is 7.05. The van der Waals surface area contributed by atoms with E-state index in [2.05, 4.69) is 36.0 Å². The van der Waals surface area contributed by atoms with Crippen LogP contribution in [0.2, 0.25) is 0 Å². The minimum Gasteiger partial charge on any atom is -0.380 e. The molecule has 1 heterocycles. The molecule has 1 rings (SSSR count). The molecule has 0 amide bonds. The topological polar surface area (TPSA) is 36.9 Å². The molecule has 1 aliphatic rings. The summed E-state index contributed by atoms with van der Waals surface area (Å²) in [5.74, 6) is 1.92. The summed E-state index contributed by atoms with van der Waals surface area (Å²) in [5, 5.41) is 3.39. The first-order valence-corrected chi connectivity index (χ1v) is 7.88. The first-order chi connectivity index (χ1) is 9.27. The summed E-state index contributed by atoms with van der Waals surface area (Å²) in [7, 11) is 0. The lowest BCUT2D eigenvalue weighted by Gasteiger charge is -2.33. The number of nitrogens with one attached hydrogen (secondary N) is 1. The van der Waals surface area contributed by atoms with Gasteiger partial charge < -0.3 is 15.0 Å². The first kappa shape index (κ1) is 16.3. The van der Waals surface area contributed by atoms with Crippen molar-refractivity contribution in [2.45, 2.75) is 46.5 Å². The molecular weight excluding hydrogens is 238 g/mol. The van der Waals surface area contributed by atoms with E-state index in [-0.39, 0.29) is 0 Å². The van der Waals surface area contributed by atoms with Gasteiger partial charge in [0.25, 0.3) is 0 Å². The molecule has 0 aromatic carbocycles. The van der Waals surface area contributed by atoms with Gasteiger partial charge in [-0.15, -0.1) is 0 Å². The number of likely N-dealkylation sites (tertiary alicyclic amines) is 1. The van der Waals surface area contributed by atoms with E-state index < -0.39 is 0 Å². The number of guanidine groups is 1. The van der Waals surface area contributed by atoms with Crippen molar-refractivity contribution >= 4 is 5.96 Å². The molecule has 0 aromatic heterocycles. The van der Waals surface area contributed by atoms with Crippen LogP contribution in [0.25, 0.3) is 0 Å². The molecule has 0 radical (unpaired) electrons. The molecule has 4 heteroatoms. The van der Waals surface area contributed by atoms with Crippen LogP contribution in [0.5, 0.6) is 0 Å². The van der Waals surface area contributed by atoms with Gasteiger partial charge in [0, 0.05) is 26.2 Å². The third-order valence-corrected chi connectivity index (χ3v) is 3.56. The molecule has 1 N–H and O–H groups in total. The molecule has 19 heavy (non-hydrogen) atoms. The molecule has 0 aliphatic carbocycles. The van der Waals surface area contributed by atoms with Crippen molar-refractivity contribution < 1.29 is 4.74 Å². The predicted molar refractivity (Wildman–Crippen MR) is 81.7 cm³/mol. The number of ether oxygens (including phenoxy) is 1. The number of aliphatic imine (C=N–C) groups is 1. The molecule has 1 saturated heterocycles. The van der Waals surface area contributed by atoms with Crippen LogP contribution in [-0.4, -0.2) is 50.3 Å². The summed E-state index contributed by atoms with van der Waals surface area (Å²) >= 11 is 0. The molecule has 0 saturated carbocycles. The Morgan fingerprint density at radius 2 is 2.00 bits per heavy atom. The molecular formula is C15H31N3O. The minimum atomic E-state index is 0.735. The van der Waals surface area contributed by atoms with E-state index in [0.29, 0.717) is 0 Å². The minimum absolute atomic E-state index is 0.735. The fourth-order valence-corrected chi connectivity index (χ4v) is 2.21. The van der Waals surface area contributed by atoms with Crippen molar-refractivity contribution in [3.8, 4) is 0 Å². The van der Waals surface area contributed by atoms with E-state index in [1.165, 1.54) is 19.3 Å². The second kappa shape index (κ2) is 10.1. The zero-order valence-electron chi connectivity index (χ0n) is 13.0. The summed E-state index contributed by atoms with van der Waals surface area (Å²) < 4.78 is 5.55. The van der Waals surface area contributed by atoms with Crippen LogP contribution in [-0.2, 0) is 4.74 Å². The van der Waals surface area contributed by atoms with Gasteiger partial charge in [-0.1, -0.05) is 20.3 Å². The van der Waals surface area contributed by atoms with Crippen molar-refractivity contribution in [1.82, 2.24) is 10.2 Å². The van der Waals surface area contributed by atoms with Gasteiger partial charge in [-0.05, 0) is 32.1 Å². The fraction of sp³-hybridized carbons (Fsp3) is 0.933. The highest BCUT2D eigenvalue weighted by Gasteiger charge is 2.18. The second-order valence-electron chi connectivity index (χ2n) is 5.37. The van der Waals surface area contributed by atoms with Gasteiger partial charge in [0.1, 0.15) is 0 Å². The Kier molecular flexibility index (Phi) is 8.63. The number of hydrogen-bond donors (Lipinski definition) is 1. The molecule has 0 bridgehead atoms. The maximum absolute atomic E-state index is 5.55. The van der Waals surface area contributed by atoms with Crippen molar-refractivity contribution in [3.05, 3.63) is 0 Å². The standard InChI is InChI=1S/C15H31N3O/c1-4-6-12-19-13-9-17-15(16-5-2)18-10-7-14(3)8-11-18/h14H,4-13H2,1-3H3,(H,16,17). The number of unbranched alkanes of at least 4 members (excludes halogenated alkanes) is 1. The Hall–Kier alpha value is -0.770. The third kappa shape index (κ3) is 6.81. The number of rotatable bonds is 7. The molecule has 0 unspecified atom stereocenters. The van der Waals surface area contributed by atoms with Gasteiger partial charge in [0.2, 0.25) is 0 Å². The van der Waals surface area contributed by atoms with Crippen LogP contribution in [0.1, 0.15) is 46.5 Å². The monoisotopic (exact) mass is 269 g/mol. The van der Waals surface area contributed by atoms with Crippen LogP contribution in [0.4, 0.5) is 0 Å². The number of nitrogens with zero attached hydrogens (tertiary/aromatic N) is 2. The van der Waals surface area contributed by atoms with E-state index >= 15 is 0 Å². The van der Waals surface area contributed by atoms with Crippen molar-refractivity contribution in [2.24, 2.45) is 10.9 Å². The zero-order chi connectivity index (χ0) is 13.9. The van der Waals surface area contributed by atoms with Gasteiger partial charge in [-0.3, -0.25) is 4.99 Å². The van der Waals surface area contributed by atoms with Gasteiger partial charge in [0.05, 0.1) is 13.2 Å². The second-order valence-corrected chi connectivity index (χ2v) is 5.37. The number of hydrogen-bond acceptors (Lipinski definition) is 2. The molecule has 1 fully saturated rings. The molecule has 0 spiro atoms. The highest BCUT2D eigenvalue weighted by molar-refractivity contribution is 5.80. The smallest absolute Gasteiger partial charge is 0.193 e. The summed E-state index contributed by atoms with van der Waals surface area (Å²) in [6.45, 7) is 12.2.